The van der Waals surface area contributed by atoms with Crippen LogP contribution in [0.1, 0.15) is 12.5 Å². The van der Waals surface area contributed by atoms with E-state index in [9.17, 15) is 0 Å². The minimum atomic E-state index is 0.406. The Morgan fingerprint density at radius 1 is 1.59 bits per heavy atom. The molecule has 1 aromatic heterocycles. The van der Waals surface area contributed by atoms with Crippen LogP contribution in [0.4, 0.5) is 0 Å². The standard InChI is InChI=1S/C12H18N4O/c1-9(2)6-15-12(13)16-8-10-4-5-11(17-3)14-7-10/h4-5,7H,1,6,8H2,2-3H3,(H3,13,15,16). The zero-order chi connectivity index (χ0) is 12.7. The molecule has 0 radical (unpaired) electrons. The molecule has 0 unspecified atom stereocenters. The first-order valence-corrected chi connectivity index (χ1v) is 5.29. The molecule has 1 aromatic rings. The van der Waals surface area contributed by atoms with Gasteiger partial charge in [-0.15, -0.1) is 0 Å². The van der Waals surface area contributed by atoms with Gasteiger partial charge in [0, 0.05) is 18.8 Å². The van der Waals surface area contributed by atoms with E-state index >= 15 is 0 Å². The maximum atomic E-state index is 5.68. The van der Waals surface area contributed by atoms with Gasteiger partial charge in [-0.25, -0.2) is 9.98 Å². The second kappa shape index (κ2) is 6.52. The van der Waals surface area contributed by atoms with Gasteiger partial charge in [0.1, 0.15) is 0 Å². The van der Waals surface area contributed by atoms with Gasteiger partial charge in [-0.3, -0.25) is 0 Å². The summed E-state index contributed by atoms with van der Waals surface area (Å²) in [4.78, 5) is 8.27. The average Bonchev–Trinajstić information content (AvgIpc) is 2.34. The van der Waals surface area contributed by atoms with Crippen LogP contribution in [0.5, 0.6) is 5.88 Å². The molecular formula is C12H18N4O. The van der Waals surface area contributed by atoms with Gasteiger partial charge in [0.2, 0.25) is 5.88 Å². The molecular weight excluding hydrogens is 216 g/mol. The third-order valence-electron chi connectivity index (χ3n) is 2.01. The summed E-state index contributed by atoms with van der Waals surface area (Å²) in [6.07, 6.45) is 1.72. The first-order chi connectivity index (χ1) is 8.11. The van der Waals surface area contributed by atoms with Crippen molar-refractivity contribution in [1.82, 2.24) is 10.3 Å². The number of nitrogens with two attached hydrogens (primary N) is 1. The fourth-order valence-electron chi connectivity index (χ4n) is 1.10. The highest BCUT2D eigenvalue weighted by Gasteiger charge is 1.95. The number of nitrogens with one attached hydrogen (secondary N) is 1. The third-order valence-corrected chi connectivity index (χ3v) is 2.01. The molecule has 92 valence electrons. The molecule has 0 aromatic carbocycles. The van der Waals surface area contributed by atoms with Crippen molar-refractivity contribution in [1.29, 1.82) is 0 Å². The summed E-state index contributed by atoms with van der Waals surface area (Å²) >= 11 is 0. The SMILES string of the molecule is C=C(C)CNC(N)=NCc1ccc(OC)nc1. The summed E-state index contributed by atoms with van der Waals surface area (Å²) in [6, 6.07) is 3.70. The molecule has 3 N–H and O–H groups in total. The zero-order valence-corrected chi connectivity index (χ0v) is 10.2. The minimum absolute atomic E-state index is 0.406. The highest BCUT2D eigenvalue weighted by Crippen LogP contribution is 2.07. The van der Waals surface area contributed by atoms with Gasteiger partial charge in [-0.05, 0) is 12.5 Å². The molecule has 0 spiro atoms. The molecule has 0 saturated heterocycles. The maximum Gasteiger partial charge on any atom is 0.212 e. The Kier molecular flexibility index (Phi) is 5.00. The van der Waals surface area contributed by atoms with Crippen LogP contribution in [0.3, 0.4) is 0 Å². The van der Waals surface area contributed by atoms with Crippen molar-refractivity contribution in [2.75, 3.05) is 13.7 Å². The normalized spacial score (nSPS) is 11.1. The molecule has 0 atom stereocenters. The molecule has 1 rings (SSSR count). The predicted octanol–water partition coefficient (Wildman–Crippen LogP) is 1.07. The van der Waals surface area contributed by atoms with E-state index in [1.54, 1.807) is 19.4 Å². The monoisotopic (exact) mass is 234 g/mol. The fraction of sp³-hybridized carbons (Fsp3) is 0.333. The largest absolute Gasteiger partial charge is 0.481 e. The number of methoxy groups -OCH3 is 1. The summed E-state index contributed by atoms with van der Waals surface area (Å²) in [6.45, 7) is 6.82. The second-order valence-corrected chi connectivity index (χ2v) is 3.72. The topological polar surface area (TPSA) is 72.5 Å². The molecule has 0 amide bonds. The molecule has 5 nitrogen and oxygen atoms in total. The van der Waals surface area contributed by atoms with Crippen LogP contribution in [0.15, 0.2) is 35.5 Å². The lowest BCUT2D eigenvalue weighted by molar-refractivity contribution is 0.397. The van der Waals surface area contributed by atoms with Gasteiger partial charge in [0.05, 0.1) is 13.7 Å². The lowest BCUT2D eigenvalue weighted by Crippen LogP contribution is -2.32. The van der Waals surface area contributed by atoms with E-state index in [0.717, 1.165) is 11.1 Å². The van der Waals surface area contributed by atoms with E-state index in [2.05, 4.69) is 21.9 Å². The molecule has 0 aliphatic heterocycles. The number of rotatable bonds is 5. The lowest BCUT2D eigenvalue weighted by Gasteiger charge is -2.05. The average molecular weight is 234 g/mol. The van der Waals surface area contributed by atoms with Gasteiger partial charge < -0.3 is 15.8 Å². The highest BCUT2D eigenvalue weighted by molar-refractivity contribution is 5.78. The van der Waals surface area contributed by atoms with Crippen molar-refractivity contribution in [3.8, 4) is 5.88 Å². The quantitative estimate of drug-likeness (QED) is 0.454. The zero-order valence-electron chi connectivity index (χ0n) is 10.2. The highest BCUT2D eigenvalue weighted by atomic mass is 16.5. The van der Waals surface area contributed by atoms with E-state index < -0.39 is 0 Å². The molecule has 0 saturated carbocycles. The van der Waals surface area contributed by atoms with E-state index in [4.69, 9.17) is 10.5 Å². The number of aliphatic imine (C=N–C) groups is 1. The van der Waals surface area contributed by atoms with Crippen molar-refractivity contribution < 1.29 is 4.74 Å². The maximum absolute atomic E-state index is 5.68. The molecule has 17 heavy (non-hydrogen) atoms. The van der Waals surface area contributed by atoms with Crippen LogP contribution in [0.25, 0.3) is 0 Å². The van der Waals surface area contributed by atoms with Crippen LogP contribution >= 0.6 is 0 Å². The Morgan fingerprint density at radius 3 is 2.88 bits per heavy atom. The molecule has 1 heterocycles. The van der Waals surface area contributed by atoms with Crippen LogP contribution in [-0.2, 0) is 6.54 Å². The Balaban J connectivity index is 2.47. The van der Waals surface area contributed by atoms with Crippen molar-refractivity contribution in [2.45, 2.75) is 13.5 Å². The number of aromatic nitrogens is 1. The van der Waals surface area contributed by atoms with Gasteiger partial charge >= 0.3 is 0 Å². The lowest BCUT2D eigenvalue weighted by atomic mass is 10.3. The summed E-state index contributed by atoms with van der Waals surface area (Å²) in [5.41, 5.74) is 7.66. The summed E-state index contributed by atoms with van der Waals surface area (Å²) in [5.74, 6) is 0.995. The number of nitrogens with zero attached hydrogens (tertiary/aromatic N) is 2. The number of pyridine rings is 1. The van der Waals surface area contributed by atoms with Gasteiger partial charge in [0.25, 0.3) is 0 Å². The molecule has 0 fully saturated rings. The minimum Gasteiger partial charge on any atom is -0.481 e. The van der Waals surface area contributed by atoms with Gasteiger partial charge in [0.15, 0.2) is 5.96 Å². The van der Waals surface area contributed by atoms with Crippen molar-refractivity contribution >= 4 is 5.96 Å². The van der Waals surface area contributed by atoms with E-state index in [0.29, 0.717) is 24.9 Å². The van der Waals surface area contributed by atoms with Crippen LogP contribution < -0.4 is 15.8 Å². The number of hydrogen-bond acceptors (Lipinski definition) is 3. The summed E-state index contributed by atoms with van der Waals surface area (Å²) in [5, 5.41) is 2.96. The molecule has 0 bridgehead atoms. The summed E-state index contributed by atoms with van der Waals surface area (Å²) in [7, 11) is 1.58. The molecule has 0 aliphatic carbocycles. The van der Waals surface area contributed by atoms with E-state index in [1.165, 1.54) is 0 Å². The predicted molar refractivity (Wildman–Crippen MR) is 68.9 cm³/mol. The smallest absolute Gasteiger partial charge is 0.212 e. The van der Waals surface area contributed by atoms with E-state index in [1.807, 2.05) is 13.0 Å². The van der Waals surface area contributed by atoms with Crippen molar-refractivity contribution in [3.63, 3.8) is 0 Å². The Labute approximate surface area is 101 Å². The van der Waals surface area contributed by atoms with Gasteiger partial charge in [-0.1, -0.05) is 18.2 Å². The number of guanidine groups is 1. The third kappa shape index (κ3) is 5.01. The van der Waals surface area contributed by atoms with Crippen molar-refractivity contribution in [3.05, 3.63) is 36.0 Å². The first-order valence-electron chi connectivity index (χ1n) is 5.29. The van der Waals surface area contributed by atoms with Crippen LogP contribution in [0, 0.1) is 0 Å². The molecule has 5 heteroatoms. The summed E-state index contributed by atoms with van der Waals surface area (Å²) < 4.78 is 4.97. The van der Waals surface area contributed by atoms with Crippen molar-refractivity contribution in [2.24, 2.45) is 10.7 Å². The Hall–Kier alpha value is -2.04. The number of ether oxygens (including phenoxy) is 1. The Morgan fingerprint density at radius 2 is 2.35 bits per heavy atom. The van der Waals surface area contributed by atoms with Crippen LogP contribution in [-0.4, -0.2) is 24.6 Å². The molecule has 0 aliphatic rings. The van der Waals surface area contributed by atoms with E-state index in [-0.39, 0.29) is 0 Å². The second-order valence-electron chi connectivity index (χ2n) is 3.72. The fourth-order valence-corrected chi connectivity index (χ4v) is 1.10. The Bertz CT molecular complexity index is 397. The van der Waals surface area contributed by atoms with Crippen LogP contribution in [0.2, 0.25) is 0 Å². The van der Waals surface area contributed by atoms with Gasteiger partial charge in [-0.2, -0.15) is 0 Å². The first kappa shape index (κ1) is 13.0. The number of hydrogen-bond donors (Lipinski definition) is 2.